The van der Waals surface area contributed by atoms with Crippen LogP contribution in [0.5, 0.6) is 5.75 Å². The molecular formula is C18H20F3N5O2. The zero-order chi connectivity index (χ0) is 20.1. The molecule has 10 heteroatoms. The SMILES string of the molecule is Nc1c(C(=O)NCCC2=CCCCC2)nnn1-c1ccc(OC(F)(F)F)cc1. The van der Waals surface area contributed by atoms with Gasteiger partial charge in [-0.3, -0.25) is 4.79 Å². The Balaban J connectivity index is 1.62. The van der Waals surface area contributed by atoms with Gasteiger partial charge in [-0.05, 0) is 56.4 Å². The van der Waals surface area contributed by atoms with E-state index in [4.69, 9.17) is 5.73 Å². The van der Waals surface area contributed by atoms with Crippen LogP contribution >= 0.6 is 0 Å². The van der Waals surface area contributed by atoms with E-state index in [1.54, 1.807) is 0 Å². The molecule has 1 aromatic heterocycles. The molecule has 0 aliphatic heterocycles. The smallest absolute Gasteiger partial charge is 0.406 e. The maximum Gasteiger partial charge on any atom is 0.573 e. The van der Waals surface area contributed by atoms with Crippen molar-refractivity contribution in [3.63, 3.8) is 0 Å². The molecule has 150 valence electrons. The van der Waals surface area contributed by atoms with E-state index in [-0.39, 0.29) is 17.3 Å². The number of nitrogen functional groups attached to an aromatic ring is 1. The number of nitrogens with zero attached hydrogens (tertiary/aromatic N) is 3. The van der Waals surface area contributed by atoms with E-state index >= 15 is 0 Å². The molecule has 3 rings (SSSR count). The zero-order valence-corrected chi connectivity index (χ0v) is 15.0. The molecule has 0 atom stereocenters. The molecule has 0 fully saturated rings. The van der Waals surface area contributed by atoms with Crippen molar-refractivity contribution in [3.05, 3.63) is 41.6 Å². The van der Waals surface area contributed by atoms with Crippen molar-refractivity contribution >= 4 is 11.7 Å². The van der Waals surface area contributed by atoms with E-state index < -0.39 is 12.3 Å². The molecule has 1 aliphatic rings. The number of anilines is 1. The molecule has 0 radical (unpaired) electrons. The fourth-order valence-electron chi connectivity index (χ4n) is 2.98. The average molecular weight is 395 g/mol. The molecule has 28 heavy (non-hydrogen) atoms. The van der Waals surface area contributed by atoms with Gasteiger partial charge in [0.05, 0.1) is 5.69 Å². The molecule has 1 aliphatic carbocycles. The average Bonchev–Trinajstić information content (AvgIpc) is 3.03. The van der Waals surface area contributed by atoms with Gasteiger partial charge in [0.1, 0.15) is 5.75 Å². The number of nitrogens with one attached hydrogen (secondary N) is 1. The Kier molecular flexibility index (Phi) is 5.86. The predicted molar refractivity (Wildman–Crippen MR) is 96.0 cm³/mol. The zero-order valence-electron chi connectivity index (χ0n) is 15.0. The van der Waals surface area contributed by atoms with Crippen LogP contribution in [0.15, 0.2) is 35.9 Å². The number of halogens is 3. The number of hydrogen-bond acceptors (Lipinski definition) is 5. The van der Waals surface area contributed by atoms with Gasteiger partial charge in [0, 0.05) is 6.54 Å². The Hall–Kier alpha value is -3.04. The van der Waals surface area contributed by atoms with Gasteiger partial charge in [0.15, 0.2) is 11.5 Å². The molecule has 1 heterocycles. The number of aromatic nitrogens is 3. The second kappa shape index (κ2) is 8.32. The second-order valence-corrected chi connectivity index (χ2v) is 6.39. The molecule has 1 aromatic carbocycles. The molecule has 1 amide bonds. The number of allylic oxidation sites excluding steroid dienone is 1. The van der Waals surface area contributed by atoms with Crippen LogP contribution in [-0.4, -0.2) is 33.8 Å². The van der Waals surface area contributed by atoms with E-state index in [1.165, 1.54) is 35.2 Å². The summed E-state index contributed by atoms with van der Waals surface area (Å²) in [6.07, 6.45) is 2.74. The Bertz CT molecular complexity index is 859. The van der Waals surface area contributed by atoms with Crippen molar-refractivity contribution in [2.45, 2.75) is 38.5 Å². The van der Waals surface area contributed by atoms with Gasteiger partial charge < -0.3 is 15.8 Å². The number of nitrogens with two attached hydrogens (primary N) is 1. The Morgan fingerprint density at radius 3 is 2.64 bits per heavy atom. The van der Waals surface area contributed by atoms with Crippen molar-refractivity contribution in [3.8, 4) is 11.4 Å². The van der Waals surface area contributed by atoms with Crippen LogP contribution in [0.25, 0.3) is 5.69 Å². The lowest BCUT2D eigenvalue weighted by Gasteiger charge is -2.12. The van der Waals surface area contributed by atoms with Gasteiger partial charge >= 0.3 is 6.36 Å². The fourth-order valence-corrected chi connectivity index (χ4v) is 2.98. The first-order valence-electron chi connectivity index (χ1n) is 8.87. The number of ether oxygens (including phenoxy) is 1. The van der Waals surface area contributed by atoms with Crippen molar-refractivity contribution < 1.29 is 22.7 Å². The molecule has 0 saturated heterocycles. The van der Waals surface area contributed by atoms with Gasteiger partial charge in [0.2, 0.25) is 0 Å². The molecule has 0 bridgehead atoms. The van der Waals surface area contributed by atoms with E-state index in [1.807, 2.05) is 0 Å². The summed E-state index contributed by atoms with van der Waals surface area (Å²) in [4.78, 5) is 12.3. The van der Waals surface area contributed by atoms with E-state index in [2.05, 4.69) is 26.4 Å². The van der Waals surface area contributed by atoms with Crippen LogP contribution in [-0.2, 0) is 0 Å². The first-order chi connectivity index (χ1) is 13.3. The Labute approximate surface area is 159 Å². The largest absolute Gasteiger partial charge is 0.573 e. The lowest BCUT2D eigenvalue weighted by atomic mass is 9.97. The molecule has 3 N–H and O–H groups in total. The quantitative estimate of drug-likeness (QED) is 0.732. The number of carbonyl (C=O) groups excluding carboxylic acids is 1. The second-order valence-electron chi connectivity index (χ2n) is 6.39. The highest BCUT2D eigenvalue weighted by atomic mass is 19.4. The summed E-state index contributed by atoms with van der Waals surface area (Å²) < 4.78 is 41.7. The van der Waals surface area contributed by atoms with Crippen LogP contribution in [0, 0.1) is 0 Å². The van der Waals surface area contributed by atoms with Crippen molar-refractivity contribution in [1.29, 1.82) is 0 Å². The minimum Gasteiger partial charge on any atom is -0.406 e. The third-order valence-corrected chi connectivity index (χ3v) is 4.35. The van der Waals surface area contributed by atoms with Gasteiger partial charge in [-0.25, -0.2) is 0 Å². The summed E-state index contributed by atoms with van der Waals surface area (Å²) in [5.41, 5.74) is 7.60. The molecule has 0 saturated carbocycles. The lowest BCUT2D eigenvalue weighted by molar-refractivity contribution is -0.274. The number of alkyl halides is 3. The molecular weight excluding hydrogens is 375 g/mol. The molecule has 0 spiro atoms. The first-order valence-corrected chi connectivity index (χ1v) is 8.87. The van der Waals surface area contributed by atoms with E-state index in [9.17, 15) is 18.0 Å². The number of amides is 1. The third-order valence-electron chi connectivity index (χ3n) is 4.35. The maximum atomic E-state index is 12.3. The number of hydrogen-bond donors (Lipinski definition) is 2. The molecule has 2 aromatic rings. The minimum absolute atomic E-state index is 0.00104. The van der Waals surface area contributed by atoms with Crippen LogP contribution in [0.1, 0.15) is 42.6 Å². The topological polar surface area (TPSA) is 95.1 Å². The highest BCUT2D eigenvalue weighted by Crippen LogP contribution is 2.24. The van der Waals surface area contributed by atoms with Gasteiger partial charge in [-0.2, -0.15) is 4.68 Å². The molecule has 0 unspecified atom stereocenters. The summed E-state index contributed by atoms with van der Waals surface area (Å²) in [6, 6.07) is 4.93. The standard InChI is InChI=1S/C18H20F3N5O2/c19-18(20,21)28-14-8-6-13(7-9-14)26-16(22)15(24-25-26)17(27)23-11-10-12-4-2-1-3-5-12/h4,6-9H,1-3,5,10-11,22H2,(H,23,27). The van der Waals surface area contributed by atoms with Crippen molar-refractivity contribution in [2.75, 3.05) is 12.3 Å². The summed E-state index contributed by atoms with van der Waals surface area (Å²) in [5.74, 6) is -0.819. The van der Waals surface area contributed by atoms with Crippen molar-refractivity contribution in [2.24, 2.45) is 0 Å². The maximum absolute atomic E-state index is 12.3. The van der Waals surface area contributed by atoms with E-state index in [0.29, 0.717) is 12.2 Å². The number of rotatable bonds is 6. The van der Waals surface area contributed by atoms with Crippen LogP contribution in [0.3, 0.4) is 0 Å². The van der Waals surface area contributed by atoms with Gasteiger partial charge in [0.25, 0.3) is 5.91 Å². The first kappa shape index (κ1) is 19.7. The van der Waals surface area contributed by atoms with Crippen LogP contribution < -0.4 is 15.8 Å². The Morgan fingerprint density at radius 1 is 1.25 bits per heavy atom. The summed E-state index contributed by atoms with van der Waals surface area (Å²) in [7, 11) is 0. The third kappa shape index (κ3) is 5.02. The van der Waals surface area contributed by atoms with Crippen LogP contribution in [0.2, 0.25) is 0 Å². The number of benzene rings is 1. The fraction of sp³-hybridized carbons (Fsp3) is 0.389. The highest BCUT2D eigenvalue weighted by molar-refractivity contribution is 5.96. The predicted octanol–water partition coefficient (Wildman–Crippen LogP) is 3.37. The highest BCUT2D eigenvalue weighted by Gasteiger charge is 2.31. The van der Waals surface area contributed by atoms with Gasteiger partial charge in [-0.15, -0.1) is 18.3 Å². The van der Waals surface area contributed by atoms with Crippen molar-refractivity contribution in [1.82, 2.24) is 20.3 Å². The molecule has 7 nitrogen and oxygen atoms in total. The van der Waals surface area contributed by atoms with Gasteiger partial charge in [-0.1, -0.05) is 16.9 Å². The monoisotopic (exact) mass is 395 g/mol. The lowest BCUT2D eigenvalue weighted by Crippen LogP contribution is -2.26. The van der Waals surface area contributed by atoms with E-state index in [0.717, 1.165) is 31.4 Å². The summed E-state index contributed by atoms with van der Waals surface area (Å²) in [5, 5.41) is 10.4. The minimum atomic E-state index is -4.77. The van der Waals surface area contributed by atoms with Crippen LogP contribution in [0.4, 0.5) is 19.0 Å². The summed E-state index contributed by atoms with van der Waals surface area (Å²) >= 11 is 0. The Morgan fingerprint density at radius 2 is 2.00 bits per heavy atom. The summed E-state index contributed by atoms with van der Waals surface area (Å²) in [6.45, 7) is 0.473. The number of carbonyl (C=O) groups is 1. The normalized spacial score (nSPS) is 14.5.